The molecule has 1 N–H and O–H groups in total. The smallest absolute Gasteiger partial charge is 0.325 e. The van der Waals surface area contributed by atoms with Gasteiger partial charge in [-0.1, -0.05) is 30.3 Å². The summed E-state index contributed by atoms with van der Waals surface area (Å²) in [6, 6.07) is 8.56. The Morgan fingerprint density at radius 3 is 2.38 bits per heavy atom. The Kier molecular flexibility index (Phi) is 4.28. The highest BCUT2D eigenvalue weighted by molar-refractivity contribution is 6.09. The van der Waals surface area contributed by atoms with E-state index in [9.17, 15) is 14.4 Å². The molecule has 7 nitrogen and oxygen atoms in total. The molecule has 0 saturated carbocycles. The fourth-order valence-corrected chi connectivity index (χ4v) is 3.10. The molecule has 2 aliphatic rings. The normalized spacial score (nSPS) is 25.1. The summed E-state index contributed by atoms with van der Waals surface area (Å²) < 4.78 is 0. The van der Waals surface area contributed by atoms with Crippen LogP contribution in [0.4, 0.5) is 4.79 Å². The Morgan fingerprint density at radius 2 is 1.75 bits per heavy atom. The van der Waals surface area contributed by atoms with Gasteiger partial charge in [-0.05, 0) is 19.5 Å². The first-order chi connectivity index (χ1) is 11.4. The highest BCUT2D eigenvalue weighted by Gasteiger charge is 2.49. The minimum absolute atomic E-state index is 0.191. The highest BCUT2D eigenvalue weighted by atomic mass is 16.2. The lowest BCUT2D eigenvalue weighted by Gasteiger charge is -2.33. The van der Waals surface area contributed by atoms with Gasteiger partial charge < -0.3 is 15.1 Å². The van der Waals surface area contributed by atoms with E-state index in [2.05, 4.69) is 10.2 Å². The van der Waals surface area contributed by atoms with Crippen molar-refractivity contribution in [3.63, 3.8) is 0 Å². The number of nitrogens with zero attached hydrogens (tertiary/aromatic N) is 3. The third-order valence-corrected chi connectivity index (χ3v) is 4.78. The molecule has 1 atom stereocenters. The van der Waals surface area contributed by atoms with E-state index in [0.717, 1.165) is 18.0 Å². The zero-order valence-electron chi connectivity index (χ0n) is 14.0. The second-order valence-corrected chi connectivity index (χ2v) is 6.50. The number of rotatable bonds is 3. The van der Waals surface area contributed by atoms with Crippen LogP contribution in [-0.4, -0.2) is 72.3 Å². The largest absolute Gasteiger partial charge is 0.339 e. The molecular weight excluding hydrogens is 308 g/mol. The number of urea groups is 1. The van der Waals surface area contributed by atoms with Gasteiger partial charge in [-0.25, -0.2) is 4.79 Å². The van der Waals surface area contributed by atoms with Gasteiger partial charge in [0, 0.05) is 26.2 Å². The van der Waals surface area contributed by atoms with Crippen LogP contribution in [0.1, 0.15) is 12.5 Å². The molecule has 2 saturated heterocycles. The highest BCUT2D eigenvalue weighted by Crippen LogP contribution is 2.28. The maximum Gasteiger partial charge on any atom is 0.325 e. The zero-order chi connectivity index (χ0) is 17.3. The van der Waals surface area contributed by atoms with E-state index in [1.54, 1.807) is 24.0 Å². The lowest BCUT2D eigenvalue weighted by atomic mass is 9.92. The summed E-state index contributed by atoms with van der Waals surface area (Å²) >= 11 is 0. The molecular formula is C17H22N4O3. The van der Waals surface area contributed by atoms with Crippen molar-refractivity contribution in [1.82, 2.24) is 20.0 Å². The molecule has 7 heteroatoms. The predicted octanol–water partition coefficient (Wildman–Crippen LogP) is 0.228. The van der Waals surface area contributed by atoms with Crippen LogP contribution in [0, 0.1) is 0 Å². The first-order valence-electron chi connectivity index (χ1n) is 8.08. The summed E-state index contributed by atoms with van der Waals surface area (Å²) in [5, 5.41) is 2.72. The Balaban J connectivity index is 1.72. The number of imide groups is 1. The van der Waals surface area contributed by atoms with Gasteiger partial charge in [-0.2, -0.15) is 0 Å². The summed E-state index contributed by atoms with van der Waals surface area (Å²) in [7, 11) is 2.00. The van der Waals surface area contributed by atoms with E-state index in [-0.39, 0.29) is 18.4 Å². The average Bonchev–Trinajstić information content (AvgIpc) is 2.80. The quantitative estimate of drug-likeness (QED) is 0.805. The topological polar surface area (TPSA) is 73.0 Å². The lowest BCUT2D eigenvalue weighted by molar-refractivity contribution is -0.139. The Labute approximate surface area is 141 Å². The molecule has 2 heterocycles. The summed E-state index contributed by atoms with van der Waals surface area (Å²) in [6.07, 6.45) is 0. The van der Waals surface area contributed by atoms with Gasteiger partial charge in [0.05, 0.1) is 0 Å². The number of carbonyl (C=O) groups is 3. The molecule has 2 aliphatic heterocycles. The van der Waals surface area contributed by atoms with E-state index < -0.39 is 11.6 Å². The van der Waals surface area contributed by atoms with E-state index in [0.29, 0.717) is 18.7 Å². The molecule has 3 rings (SSSR count). The van der Waals surface area contributed by atoms with Crippen LogP contribution in [-0.2, 0) is 15.1 Å². The van der Waals surface area contributed by atoms with Crippen LogP contribution in [0.3, 0.4) is 0 Å². The fourth-order valence-electron chi connectivity index (χ4n) is 3.10. The molecule has 128 valence electrons. The minimum atomic E-state index is -1.12. The number of likely N-dealkylation sites (N-methyl/N-ethyl adjacent to an activating group) is 1. The average molecular weight is 330 g/mol. The number of piperazine rings is 1. The number of hydrogen-bond donors (Lipinski definition) is 1. The molecule has 1 aromatic carbocycles. The summed E-state index contributed by atoms with van der Waals surface area (Å²) in [5.74, 6) is -0.579. The van der Waals surface area contributed by atoms with Gasteiger partial charge in [0.25, 0.3) is 5.91 Å². The maximum absolute atomic E-state index is 12.8. The Morgan fingerprint density at radius 1 is 1.12 bits per heavy atom. The molecule has 1 unspecified atom stereocenters. The van der Waals surface area contributed by atoms with Crippen molar-refractivity contribution in [3.8, 4) is 0 Å². The third-order valence-electron chi connectivity index (χ3n) is 4.78. The van der Waals surface area contributed by atoms with E-state index in [1.807, 2.05) is 25.2 Å². The van der Waals surface area contributed by atoms with Crippen molar-refractivity contribution in [2.45, 2.75) is 12.5 Å². The molecule has 0 aliphatic carbocycles. The van der Waals surface area contributed by atoms with E-state index >= 15 is 0 Å². The SMILES string of the molecule is CN1CCN(C(=O)CN2C(=O)NC(C)(c3ccccc3)C2=O)CC1. The molecule has 1 aromatic rings. The van der Waals surface area contributed by atoms with E-state index in [1.165, 1.54) is 0 Å². The standard InChI is InChI=1S/C17H22N4O3/c1-17(13-6-4-3-5-7-13)15(23)21(16(24)18-17)12-14(22)20-10-8-19(2)9-11-20/h3-7H,8-12H2,1-2H3,(H,18,24). The number of benzene rings is 1. The Hall–Kier alpha value is -2.41. The summed E-state index contributed by atoms with van der Waals surface area (Å²) in [4.78, 5) is 42.3. The van der Waals surface area contributed by atoms with Gasteiger partial charge in [0.15, 0.2) is 0 Å². The number of amides is 4. The lowest BCUT2D eigenvalue weighted by Crippen LogP contribution is -2.51. The van der Waals surface area contributed by atoms with Gasteiger partial charge in [-0.3, -0.25) is 14.5 Å². The monoisotopic (exact) mass is 330 g/mol. The van der Waals surface area contributed by atoms with Crippen molar-refractivity contribution in [2.75, 3.05) is 39.8 Å². The first kappa shape index (κ1) is 16.4. The second kappa shape index (κ2) is 6.24. The van der Waals surface area contributed by atoms with Crippen LogP contribution in [0.2, 0.25) is 0 Å². The number of nitrogens with one attached hydrogen (secondary N) is 1. The van der Waals surface area contributed by atoms with Crippen LogP contribution < -0.4 is 5.32 Å². The molecule has 4 amide bonds. The van der Waals surface area contributed by atoms with Gasteiger partial charge in [-0.15, -0.1) is 0 Å². The van der Waals surface area contributed by atoms with Crippen LogP contribution in [0.5, 0.6) is 0 Å². The second-order valence-electron chi connectivity index (χ2n) is 6.50. The zero-order valence-corrected chi connectivity index (χ0v) is 14.0. The molecule has 0 spiro atoms. The first-order valence-corrected chi connectivity index (χ1v) is 8.08. The Bertz CT molecular complexity index is 655. The number of hydrogen-bond acceptors (Lipinski definition) is 4. The molecule has 0 radical (unpaired) electrons. The number of carbonyl (C=O) groups excluding carboxylic acids is 3. The van der Waals surface area contributed by atoms with Gasteiger partial charge in [0.2, 0.25) is 5.91 Å². The fraction of sp³-hybridized carbons (Fsp3) is 0.471. The van der Waals surface area contributed by atoms with E-state index in [4.69, 9.17) is 0 Å². The van der Waals surface area contributed by atoms with Gasteiger partial charge in [0.1, 0.15) is 12.1 Å². The van der Waals surface area contributed by atoms with Gasteiger partial charge >= 0.3 is 6.03 Å². The van der Waals surface area contributed by atoms with Crippen molar-refractivity contribution >= 4 is 17.8 Å². The maximum atomic E-state index is 12.8. The van der Waals surface area contributed by atoms with Crippen LogP contribution in [0.25, 0.3) is 0 Å². The van der Waals surface area contributed by atoms with Crippen molar-refractivity contribution < 1.29 is 14.4 Å². The molecule has 0 aromatic heterocycles. The van der Waals surface area contributed by atoms with Crippen LogP contribution >= 0.6 is 0 Å². The molecule has 0 bridgehead atoms. The molecule has 24 heavy (non-hydrogen) atoms. The van der Waals surface area contributed by atoms with Crippen molar-refractivity contribution in [2.24, 2.45) is 0 Å². The van der Waals surface area contributed by atoms with Crippen LogP contribution in [0.15, 0.2) is 30.3 Å². The minimum Gasteiger partial charge on any atom is -0.339 e. The molecule has 2 fully saturated rings. The summed E-state index contributed by atoms with van der Waals surface area (Å²) in [5.41, 5.74) is -0.418. The van der Waals surface area contributed by atoms with Crippen molar-refractivity contribution in [1.29, 1.82) is 0 Å². The predicted molar refractivity (Wildman–Crippen MR) is 88.1 cm³/mol. The van der Waals surface area contributed by atoms with Crippen molar-refractivity contribution in [3.05, 3.63) is 35.9 Å². The summed E-state index contributed by atoms with van der Waals surface area (Å²) in [6.45, 7) is 4.30. The third kappa shape index (κ3) is 2.87.